The van der Waals surface area contributed by atoms with Crippen molar-refractivity contribution >= 4 is 28.4 Å². The number of carbonyl (C=O) groups is 3. The number of fused-ring (bicyclic) bond motifs is 1. The van der Waals surface area contributed by atoms with Gasteiger partial charge in [0.2, 0.25) is 11.7 Å². The van der Waals surface area contributed by atoms with E-state index in [0.717, 1.165) is 23.4 Å². The Morgan fingerprint density at radius 3 is 2.45 bits per heavy atom. The molecule has 0 N–H and O–H groups in total. The van der Waals surface area contributed by atoms with Crippen molar-refractivity contribution in [1.29, 1.82) is 0 Å². The van der Waals surface area contributed by atoms with Crippen molar-refractivity contribution in [2.45, 2.75) is 13.0 Å². The number of nitrogens with zero attached hydrogens (tertiary/aromatic N) is 1. The Bertz CT molecular complexity index is 718. The van der Waals surface area contributed by atoms with Crippen LogP contribution in [-0.4, -0.2) is 36.7 Å². The second-order valence-corrected chi connectivity index (χ2v) is 4.98. The predicted molar refractivity (Wildman–Crippen MR) is 82.1 cm³/mol. The molecule has 2 aromatic carbocycles. The van der Waals surface area contributed by atoms with Crippen LogP contribution in [0.25, 0.3) is 10.8 Å². The maximum absolute atomic E-state index is 12.0. The molecule has 0 fully saturated rings. The minimum Gasteiger partial charge on any atom is -0.463 e. The van der Waals surface area contributed by atoms with Gasteiger partial charge in [-0.1, -0.05) is 42.5 Å². The van der Waals surface area contributed by atoms with Crippen molar-refractivity contribution in [2.24, 2.45) is 0 Å². The molecular formula is C17H17NO4. The van der Waals surface area contributed by atoms with E-state index in [1.807, 2.05) is 42.5 Å². The zero-order chi connectivity index (χ0) is 16.1. The summed E-state index contributed by atoms with van der Waals surface area (Å²) in [4.78, 5) is 35.9. The summed E-state index contributed by atoms with van der Waals surface area (Å²) in [5, 5.41) is 2.15. The molecule has 0 bridgehead atoms. The number of ether oxygens (including phenoxy) is 1. The molecule has 22 heavy (non-hydrogen) atoms. The summed E-state index contributed by atoms with van der Waals surface area (Å²) in [6.45, 7) is 0.370. The summed E-state index contributed by atoms with van der Waals surface area (Å²) >= 11 is 0. The highest BCUT2D eigenvalue weighted by Crippen LogP contribution is 2.19. The van der Waals surface area contributed by atoms with Crippen molar-refractivity contribution in [1.82, 2.24) is 4.90 Å². The molecule has 2 rings (SSSR count). The highest BCUT2D eigenvalue weighted by atomic mass is 16.5. The summed E-state index contributed by atoms with van der Waals surface area (Å²) in [7, 11) is 2.72. The molecule has 5 nitrogen and oxygen atoms in total. The summed E-state index contributed by atoms with van der Waals surface area (Å²) in [5.74, 6) is -2.24. The lowest BCUT2D eigenvalue weighted by atomic mass is 10.0. The number of carbonyl (C=O) groups excluding carboxylic acids is 3. The predicted octanol–water partition coefficient (Wildman–Crippen LogP) is 1.93. The van der Waals surface area contributed by atoms with Gasteiger partial charge in [-0.2, -0.15) is 0 Å². The van der Waals surface area contributed by atoms with E-state index in [-0.39, 0.29) is 0 Å². The third kappa shape index (κ3) is 3.49. The fraction of sp³-hybridized carbons (Fsp3) is 0.235. The fourth-order valence-electron chi connectivity index (χ4n) is 2.23. The zero-order valence-electron chi connectivity index (χ0n) is 12.5. The molecule has 0 aliphatic rings. The molecule has 0 unspecified atom stereocenters. The number of esters is 1. The van der Waals surface area contributed by atoms with Crippen LogP contribution in [0.5, 0.6) is 0 Å². The van der Waals surface area contributed by atoms with Gasteiger partial charge in [0, 0.05) is 13.6 Å². The monoisotopic (exact) mass is 299 g/mol. The Labute approximate surface area is 128 Å². The van der Waals surface area contributed by atoms with E-state index >= 15 is 0 Å². The molecule has 114 valence electrons. The second kappa shape index (κ2) is 6.85. The van der Waals surface area contributed by atoms with Crippen LogP contribution < -0.4 is 0 Å². The van der Waals surface area contributed by atoms with E-state index in [9.17, 15) is 14.4 Å². The van der Waals surface area contributed by atoms with Crippen LogP contribution >= 0.6 is 0 Å². The number of hydrogen-bond donors (Lipinski definition) is 0. The Morgan fingerprint density at radius 1 is 1.05 bits per heavy atom. The van der Waals surface area contributed by atoms with Crippen LogP contribution in [0.4, 0.5) is 0 Å². The van der Waals surface area contributed by atoms with Crippen molar-refractivity contribution in [3.05, 3.63) is 48.0 Å². The molecule has 0 atom stereocenters. The second-order valence-electron chi connectivity index (χ2n) is 4.98. The number of amides is 1. The van der Waals surface area contributed by atoms with Gasteiger partial charge in [-0.15, -0.1) is 0 Å². The maximum Gasteiger partial charge on any atom is 0.374 e. The number of rotatable bonds is 5. The van der Waals surface area contributed by atoms with E-state index in [4.69, 9.17) is 0 Å². The van der Waals surface area contributed by atoms with Gasteiger partial charge in [0.15, 0.2) is 0 Å². The molecule has 0 saturated heterocycles. The van der Waals surface area contributed by atoms with E-state index < -0.39 is 24.1 Å². The van der Waals surface area contributed by atoms with Crippen LogP contribution in [0, 0.1) is 0 Å². The molecule has 0 radical (unpaired) electrons. The van der Waals surface area contributed by atoms with E-state index in [1.54, 1.807) is 7.05 Å². The third-order valence-corrected chi connectivity index (χ3v) is 3.44. The van der Waals surface area contributed by atoms with Gasteiger partial charge in [-0.05, 0) is 16.3 Å². The van der Waals surface area contributed by atoms with E-state index in [1.165, 1.54) is 4.90 Å². The first-order valence-electron chi connectivity index (χ1n) is 6.84. The van der Waals surface area contributed by atoms with Gasteiger partial charge >= 0.3 is 5.97 Å². The first-order chi connectivity index (χ1) is 10.5. The van der Waals surface area contributed by atoms with Gasteiger partial charge in [0.1, 0.15) is 0 Å². The topological polar surface area (TPSA) is 63.7 Å². The Balaban J connectivity index is 2.10. The first kappa shape index (κ1) is 15.7. The molecule has 2 aromatic rings. The Morgan fingerprint density at radius 2 is 1.73 bits per heavy atom. The van der Waals surface area contributed by atoms with E-state index in [2.05, 4.69) is 4.74 Å². The molecule has 0 aliphatic carbocycles. The van der Waals surface area contributed by atoms with Crippen LogP contribution in [0.1, 0.15) is 12.0 Å². The quantitative estimate of drug-likeness (QED) is 0.481. The smallest absolute Gasteiger partial charge is 0.374 e. The van der Waals surface area contributed by atoms with Gasteiger partial charge in [0.25, 0.3) is 0 Å². The van der Waals surface area contributed by atoms with Crippen LogP contribution in [0.2, 0.25) is 0 Å². The van der Waals surface area contributed by atoms with Gasteiger partial charge in [-0.3, -0.25) is 9.59 Å². The molecule has 0 heterocycles. The Hall–Kier alpha value is -2.69. The minimum absolute atomic E-state index is 0.370. The SMILES string of the molecule is COC(=O)C(=O)CC(=O)N(C)Cc1cccc2ccccc12. The van der Waals surface area contributed by atoms with Crippen molar-refractivity contribution in [3.8, 4) is 0 Å². The maximum atomic E-state index is 12.0. The van der Waals surface area contributed by atoms with Gasteiger partial charge in [-0.25, -0.2) is 4.79 Å². The standard InChI is InChI=1S/C17H17NO4/c1-18(16(20)10-15(19)17(21)22-2)11-13-8-5-7-12-6-3-4-9-14(12)13/h3-9H,10-11H2,1-2H3. The Kier molecular flexibility index (Phi) is 4.88. The van der Waals surface area contributed by atoms with E-state index in [0.29, 0.717) is 6.54 Å². The molecule has 0 aliphatic heterocycles. The molecule has 0 saturated carbocycles. The average molecular weight is 299 g/mol. The van der Waals surface area contributed by atoms with Crippen molar-refractivity contribution in [2.75, 3.05) is 14.2 Å². The van der Waals surface area contributed by atoms with Gasteiger partial charge < -0.3 is 9.64 Å². The number of Topliss-reactive ketones (excluding diaryl/α,β-unsaturated/α-hetero) is 1. The first-order valence-corrected chi connectivity index (χ1v) is 6.84. The zero-order valence-corrected chi connectivity index (χ0v) is 12.5. The number of hydrogen-bond acceptors (Lipinski definition) is 4. The van der Waals surface area contributed by atoms with Crippen LogP contribution in [-0.2, 0) is 25.7 Å². The van der Waals surface area contributed by atoms with Crippen molar-refractivity contribution in [3.63, 3.8) is 0 Å². The summed E-state index contributed by atoms with van der Waals surface area (Å²) in [5.41, 5.74) is 0.986. The summed E-state index contributed by atoms with van der Waals surface area (Å²) in [6.07, 6.45) is -0.478. The van der Waals surface area contributed by atoms with Crippen LogP contribution in [0.15, 0.2) is 42.5 Å². The lowest BCUT2D eigenvalue weighted by Gasteiger charge is -2.18. The molecule has 0 aromatic heterocycles. The van der Waals surface area contributed by atoms with Crippen molar-refractivity contribution < 1.29 is 19.1 Å². The van der Waals surface area contributed by atoms with Crippen LogP contribution in [0.3, 0.4) is 0 Å². The molecule has 5 heteroatoms. The largest absolute Gasteiger partial charge is 0.463 e. The van der Waals surface area contributed by atoms with Gasteiger partial charge in [0.05, 0.1) is 13.5 Å². The summed E-state index contributed by atoms with van der Waals surface area (Å²) in [6, 6.07) is 13.7. The molecule has 0 spiro atoms. The summed E-state index contributed by atoms with van der Waals surface area (Å²) < 4.78 is 4.31. The minimum atomic E-state index is -0.994. The molecule has 1 amide bonds. The highest BCUT2D eigenvalue weighted by Gasteiger charge is 2.21. The lowest BCUT2D eigenvalue weighted by Crippen LogP contribution is -2.30. The number of methoxy groups -OCH3 is 1. The normalized spacial score (nSPS) is 10.3. The fourth-order valence-corrected chi connectivity index (χ4v) is 2.23. The number of benzene rings is 2. The third-order valence-electron chi connectivity index (χ3n) is 3.44. The average Bonchev–Trinajstić information content (AvgIpc) is 2.54. The lowest BCUT2D eigenvalue weighted by molar-refractivity contribution is -0.153. The highest BCUT2D eigenvalue weighted by molar-refractivity contribution is 6.36. The number of ketones is 1. The molecular weight excluding hydrogens is 282 g/mol.